The lowest BCUT2D eigenvalue weighted by molar-refractivity contribution is 1.07. The number of hydrogen-bond donors (Lipinski definition) is 0. The van der Waals surface area contributed by atoms with Gasteiger partial charge in [-0.1, -0.05) is 176 Å². The maximum Gasteiger partial charge on any atom is 0.164 e. The number of nitrogens with zero attached hydrogens (tertiary/aromatic N) is 4. The highest BCUT2D eigenvalue weighted by molar-refractivity contribution is 6.27. The predicted molar refractivity (Wildman–Crippen MR) is 230 cm³/mol. The predicted octanol–water partition coefficient (Wildman–Crippen LogP) is 13.2. The van der Waals surface area contributed by atoms with Gasteiger partial charge in [-0.25, -0.2) is 15.0 Å². The van der Waals surface area contributed by atoms with Crippen molar-refractivity contribution in [2.45, 2.75) is 0 Å². The number of aromatic nitrogens is 3. The summed E-state index contributed by atoms with van der Waals surface area (Å²) in [7, 11) is 0. The first kappa shape index (κ1) is 32.9. The zero-order valence-corrected chi connectivity index (χ0v) is 30.3. The first-order valence-corrected chi connectivity index (χ1v) is 18.7. The van der Waals surface area contributed by atoms with Gasteiger partial charge in [-0.15, -0.1) is 0 Å². The fourth-order valence-electron chi connectivity index (χ4n) is 7.88. The lowest BCUT2D eigenvalue weighted by Crippen LogP contribution is -2.00. The number of rotatable bonds is 6. The minimum Gasteiger partial charge on any atom is -0.208 e. The Morgan fingerprint density at radius 2 is 0.804 bits per heavy atom. The van der Waals surface area contributed by atoms with Gasteiger partial charge in [0.05, 0.1) is 11.6 Å². The van der Waals surface area contributed by atoms with Gasteiger partial charge in [-0.05, 0) is 83.9 Å². The fourth-order valence-corrected chi connectivity index (χ4v) is 7.88. The summed E-state index contributed by atoms with van der Waals surface area (Å²) in [6.45, 7) is 0. The Bertz CT molecular complexity index is 3110. The SMILES string of the molecule is N#Cc1ccc(-c2cccc(-c3nc(-c4ccccc4)nc(-c4ccc(-c5c6ccccc6c(-c6ccccc6)c6ccc7ccccc7c56)cc4)n3)c2)cc1. The van der Waals surface area contributed by atoms with E-state index >= 15 is 0 Å². The van der Waals surface area contributed by atoms with Crippen LogP contribution in [0.25, 0.3) is 99.9 Å². The van der Waals surface area contributed by atoms with Crippen molar-refractivity contribution in [2.75, 3.05) is 0 Å². The molecule has 0 radical (unpaired) electrons. The van der Waals surface area contributed by atoms with Gasteiger partial charge in [0.1, 0.15) is 0 Å². The van der Waals surface area contributed by atoms with E-state index in [-0.39, 0.29) is 0 Å². The van der Waals surface area contributed by atoms with Gasteiger partial charge in [0.2, 0.25) is 0 Å². The van der Waals surface area contributed by atoms with Crippen molar-refractivity contribution in [1.29, 1.82) is 5.26 Å². The quantitative estimate of drug-likeness (QED) is 0.127. The molecule has 4 nitrogen and oxygen atoms in total. The maximum absolute atomic E-state index is 9.30. The number of benzene rings is 9. The molecule has 10 rings (SSSR count). The highest BCUT2D eigenvalue weighted by Gasteiger charge is 2.19. The molecule has 56 heavy (non-hydrogen) atoms. The summed E-state index contributed by atoms with van der Waals surface area (Å²) in [4.78, 5) is 15.1. The van der Waals surface area contributed by atoms with Gasteiger partial charge >= 0.3 is 0 Å². The van der Waals surface area contributed by atoms with Crippen LogP contribution < -0.4 is 0 Å². The summed E-state index contributed by atoms with van der Waals surface area (Å²) in [5, 5.41) is 16.6. The lowest BCUT2D eigenvalue weighted by Gasteiger charge is -2.19. The molecule has 0 saturated heterocycles. The van der Waals surface area contributed by atoms with E-state index in [0.717, 1.165) is 33.4 Å². The third-order valence-electron chi connectivity index (χ3n) is 10.5. The second-order valence-electron chi connectivity index (χ2n) is 13.9. The molecule has 0 aliphatic rings. The van der Waals surface area contributed by atoms with Crippen LogP contribution in [0.1, 0.15) is 5.56 Å². The maximum atomic E-state index is 9.30. The summed E-state index contributed by atoms with van der Waals surface area (Å²) in [6, 6.07) is 69.5. The standard InChI is InChI=1S/C52H32N4/c53-33-34-22-24-35(25-23-34)41-17-11-18-42(32-41)52-55-50(39-15-5-2-6-16-39)54-51(56-52)40-28-26-38(27-29-40)48-45-21-10-9-20-44(45)47(37-13-3-1-4-14-37)46-31-30-36-12-7-8-19-43(36)49(46)48/h1-32H. The first-order valence-electron chi connectivity index (χ1n) is 18.7. The number of nitriles is 1. The largest absolute Gasteiger partial charge is 0.208 e. The van der Waals surface area contributed by atoms with E-state index in [0.29, 0.717) is 23.0 Å². The molecule has 0 amide bonds. The van der Waals surface area contributed by atoms with Crippen molar-refractivity contribution in [1.82, 2.24) is 15.0 Å². The molecule has 0 unspecified atom stereocenters. The molecule has 0 bridgehead atoms. The molecular formula is C52H32N4. The van der Waals surface area contributed by atoms with Crippen molar-refractivity contribution in [3.8, 4) is 73.6 Å². The molecule has 0 saturated carbocycles. The van der Waals surface area contributed by atoms with Crippen LogP contribution in [-0.4, -0.2) is 15.0 Å². The van der Waals surface area contributed by atoms with E-state index in [1.54, 1.807) is 0 Å². The van der Waals surface area contributed by atoms with Crippen LogP contribution in [0.3, 0.4) is 0 Å². The van der Waals surface area contributed by atoms with E-state index in [9.17, 15) is 5.26 Å². The molecule has 0 atom stereocenters. The highest BCUT2D eigenvalue weighted by Crippen LogP contribution is 2.46. The molecule has 1 heterocycles. The molecule has 9 aromatic carbocycles. The molecular weight excluding hydrogens is 681 g/mol. The Hall–Kier alpha value is -7.74. The van der Waals surface area contributed by atoms with E-state index in [1.807, 2.05) is 66.7 Å². The Morgan fingerprint density at radius 1 is 0.321 bits per heavy atom. The third-order valence-corrected chi connectivity index (χ3v) is 10.5. The van der Waals surface area contributed by atoms with E-state index < -0.39 is 0 Å². The normalized spacial score (nSPS) is 11.2. The second-order valence-corrected chi connectivity index (χ2v) is 13.9. The molecule has 0 spiro atoms. The molecule has 0 fully saturated rings. The van der Waals surface area contributed by atoms with Gasteiger partial charge in [0.25, 0.3) is 0 Å². The summed E-state index contributed by atoms with van der Waals surface area (Å²) in [5.41, 5.74) is 10.1. The van der Waals surface area contributed by atoms with Gasteiger partial charge in [0, 0.05) is 16.7 Å². The lowest BCUT2D eigenvalue weighted by atomic mass is 9.84. The fraction of sp³-hybridized carbons (Fsp3) is 0. The zero-order valence-electron chi connectivity index (χ0n) is 30.3. The van der Waals surface area contributed by atoms with Gasteiger partial charge in [0.15, 0.2) is 17.5 Å². The Morgan fingerprint density at radius 3 is 1.48 bits per heavy atom. The Balaban J connectivity index is 1.14. The average Bonchev–Trinajstić information content (AvgIpc) is 3.28. The van der Waals surface area contributed by atoms with Crippen LogP contribution in [0.2, 0.25) is 0 Å². The molecule has 0 aliphatic carbocycles. The van der Waals surface area contributed by atoms with Crippen molar-refractivity contribution in [3.63, 3.8) is 0 Å². The number of hydrogen-bond acceptors (Lipinski definition) is 4. The van der Waals surface area contributed by atoms with Crippen LogP contribution in [0.4, 0.5) is 0 Å². The van der Waals surface area contributed by atoms with Gasteiger partial charge in [-0.3, -0.25) is 0 Å². The number of fused-ring (bicyclic) bond motifs is 4. The minimum atomic E-state index is 0.591. The molecule has 0 N–H and O–H groups in total. The Kier molecular flexibility index (Phi) is 8.17. The monoisotopic (exact) mass is 712 g/mol. The van der Waals surface area contributed by atoms with E-state index in [2.05, 4.69) is 133 Å². The molecule has 1 aromatic heterocycles. The average molecular weight is 713 g/mol. The summed E-state index contributed by atoms with van der Waals surface area (Å²) >= 11 is 0. The topological polar surface area (TPSA) is 62.5 Å². The van der Waals surface area contributed by atoms with Crippen LogP contribution >= 0.6 is 0 Å². The van der Waals surface area contributed by atoms with Crippen LogP contribution in [0.15, 0.2) is 194 Å². The minimum absolute atomic E-state index is 0.591. The summed E-state index contributed by atoms with van der Waals surface area (Å²) < 4.78 is 0. The highest BCUT2D eigenvalue weighted by atomic mass is 15.0. The van der Waals surface area contributed by atoms with E-state index in [4.69, 9.17) is 15.0 Å². The molecule has 10 aromatic rings. The smallest absolute Gasteiger partial charge is 0.164 e. The molecule has 4 heteroatoms. The van der Waals surface area contributed by atoms with Gasteiger partial charge < -0.3 is 0 Å². The second kappa shape index (κ2) is 13.9. The molecule has 260 valence electrons. The zero-order chi connectivity index (χ0) is 37.4. The summed E-state index contributed by atoms with van der Waals surface area (Å²) in [5.74, 6) is 1.80. The van der Waals surface area contributed by atoms with Crippen molar-refractivity contribution in [2.24, 2.45) is 0 Å². The van der Waals surface area contributed by atoms with Gasteiger partial charge in [-0.2, -0.15) is 5.26 Å². The first-order chi connectivity index (χ1) is 27.7. The van der Waals surface area contributed by atoms with Crippen LogP contribution in [0.5, 0.6) is 0 Å². The van der Waals surface area contributed by atoms with Crippen LogP contribution in [-0.2, 0) is 0 Å². The third kappa shape index (κ3) is 5.85. The Labute approximate surface area is 324 Å². The van der Waals surface area contributed by atoms with Crippen LogP contribution in [0, 0.1) is 11.3 Å². The van der Waals surface area contributed by atoms with Crippen molar-refractivity contribution >= 4 is 32.3 Å². The van der Waals surface area contributed by atoms with Crippen molar-refractivity contribution in [3.05, 3.63) is 200 Å². The molecule has 0 aliphatic heterocycles. The summed E-state index contributed by atoms with van der Waals surface area (Å²) in [6.07, 6.45) is 0. The van der Waals surface area contributed by atoms with E-state index in [1.165, 1.54) is 49.0 Å². The van der Waals surface area contributed by atoms with Crippen molar-refractivity contribution < 1.29 is 0 Å².